The number of hydrogen-bond acceptors (Lipinski definition) is 7. The van der Waals surface area contributed by atoms with Gasteiger partial charge >= 0.3 is 12.0 Å². The zero-order chi connectivity index (χ0) is 24.7. The van der Waals surface area contributed by atoms with Gasteiger partial charge in [0.05, 0.1) is 24.3 Å². The van der Waals surface area contributed by atoms with Crippen LogP contribution in [0.3, 0.4) is 0 Å². The normalized spacial score (nSPS) is 12.1. The van der Waals surface area contributed by atoms with Gasteiger partial charge in [-0.2, -0.15) is 0 Å². The second kappa shape index (κ2) is 10.9. The largest absolute Gasteiger partial charge is 0.493 e. The molecule has 10 nitrogen and oxygen atoms in total. The minimum atomic E-state index is -0.866. The van der Waals surface area contributed by atoms with Crippen LogP contribution >= 0.6 is 0 Å². The van der Waals surface area contributed by atoms with Crippen molar-refractivity contribution in [2.24, 2.45) is 0 Å². The van der Waals surface area contributed by atoms with Gasteiger partial charge in [-0.1, -0.05) is 24.3 Å². The van der Waals surface area contributed by atoms with Crippen molar-refractivity contribution in [2.45, 2.75) is 13.5 Å². The average molecular weight is 465 g/mol. The highest BCUT2D eigenvalue weighted by atomic mass is 16.5. The van der Waals surface area contributed by atoms with Crippen LogP contribution in [0.2, 0.25) is 0 Å². The summed E-state index contributed by atoms with van der Waals surface area (Å²) in [5, 5.41) is 4.37. The van der Waals surface area contributed by atoms with Crippen LogP contribution in [-0.4, -0.2) is 54.4 Å². The van der Waals surface area contributed by atoms with Crippen molar-refractivity contribution in [3.8, 4) is 5.75 Å². The third-order valence-corrected chi connectivity index (χ3v) is 4.78. The molecule has 34 heavy (non-hydrogen) atoms. The summed E-state index contributed by atoms with van der Waals surface area (Å²) in [6.07, 6.45) is 1.44. The number of benzene rings is 2. The lowest BCUT2D eigenvalue weighted by molar-refractivity contribution is -0.123. The Labute approximate surface area is 195 Å². The van der Waals surface area contributed by atoms with Crippen molar-refractivity contribution in [1.29, 1.82) is 0 Å². The molecule has 1 aliphatic heterocycles. The third-order valence-electron chi connectivity index (χ3n) is 4.78. The van der Waals surface area contributed by atoms with E-state index in [4.69, 9.17) is 9.47 Å². The van der Waals surface area contributed by atoms with Gasteiger partial charge < -0.3 is 14.8 Å². The number of carbonyl (C=O) groups is 5. The predicted molar refractivity (Wildman–Crippen MR) is 120 cm³/mol. The number of nitrogens with zero attached hydrogens (tertiary/aromatic N) is 1. The van der Waals surface area contributed by atoms with E-state index in [2.05, 4.69) is 11.9 Å². The maximum atomic E-state index is 12.7. The molecular weight excluding hydrogens is 442 g/mol. The van der Waals surface area contributed by atoms with Crippen molar-refractivity contribution >= 4 is 29.7 Å². The van der Waals surface area contributed by atoms with Crippen molar-refractivity contribution in [3.05, 3.63) is 77.4 Å². The van der Waals surface area contributed by atoms with Crippen molar-refractivity contribution in [3.63, 3.8) is 0 Å². The summed E-state index contributed by atoms with van der Waals surface area (Å²) in [5.74, 6) is -2.33. The topological polar surface area (TPSA) is 131 Å². The Kier molecular flexibility index (Phi) is 7.75. The Morgan fingerprint density at radius 3 is 2.35 bits per heavy atom. The standard InChI is InChI=1S/C24H23N3O7/c1-3-11-25-24(32)26-20(28)14-34-23(31)18-12-15(9-10-19(18)33-4-2)13-27-21(29)16-7-5-6-8-17(16)22(27)30/h3,5-10,12H,1,4,11,13-14H2,2H3,(H2,25,26,28,32). The lowest BCUT2D eigenvalue weighted by atomic mass is 10.1. The van der Waals surface area contributed by atoms with Gasteiger partial charge in [0.2, 0.25) is 0 Å². The summed E-state index contributed by atoms with van der Waals surface area (Å²) in [6.45, 7) is 4.83. The Bertz CT molecular complexity index is 1120. The fraction of sp³-hybridized carbons (Fsp3) is 0.208. The maximum Gasteiger partial charge on any atom is 0.342 e. The Morgan fingerprint density at radius 1 is 1.06 bits per heavy atom. The number of amides is 5. The van der Waals surface area contributed by atoms with Gasteiger partial charge in [0.1, 0.15) is 11.3 Å². The van der Waals surface area contributed by atoms with Gasteiger partial charge in [-0.05, 0) is 36.8 Å². The van der Waals surface area contributed by atoms with Crippen LogP contribution in [0, 0.1) is 0 Å². The highest BCUT2D eigenvalue weighted by molar-refractivity contribution is 6.21. The Hall–Kier alpha value is -4.47. The van der Waals surface area contributed by atoms with Crippen LogP contribution in [0.4, 0.5) is 4.79 Å². The molecule has 1 heterocycles. The van der Waals surface area contributed by atoms with E-state index in [1.165, 1.54) is 18.2 Å². The molecule has 5 amide bonds. The minimum Gasteiger partial charge on any atom is -0.493 e. The Balaban J connectivity index is 1.71. The molecule has 0 saturated carbocycles. The minimum absolute atomic E-state index is 0.0138. The highest BCUT2D eigenvalue weighted by Crippen LogP contribution is 2.27. The third kappa shape index (κ3) is 5.47. The van der Waals surface area contributed by atoms with E-state index in [1.54, 1.807) is 37.3 Å². The summed E-state index contributed by atoms with van der Waals surface area (Å²) < 4.78 is 10.5. The molecule has 0 fully saturated rings. The number of esters is 1. The molecule has 0 unspecified atom stereocenters. The number of carbonyl (C=O) groups excluding carboxylic acids is 5. The van der Waals surface area contributed by atoms with Crippen LogP contribution in [0.25, 0.3) is 0 Å². The van der Waals surface area contributed by atoms with E-state index >= 15 is 0 Å². The smallest absolute Gasteiger partial charge is 0.342 e. The van der Waals surface area contributed by atoms with E-state index in [-0.39, 0.29) is 31.0 Å². The number of ether oxygens (including phenoxy) is 2. The maximum absolute atomic E-state index is 12.7. The zero-order valence-corrected chi connectivity index (χ0v) is 18.5. The van der Waals surface area contributed by atoms with Crippen LogP contribution in [-0.2, 0) is 16.1 Å². The van der Waals surface area contributed by atoms with E-state index in [0.29, 0.717) is 16.7 Å². The molecule has 3 rings (SSSR count). The molecule has 0 saturated heterocycles. The molecule has 2 N–H and O–H groups in total. The fourth-order valence-electron chi connectivity index (χ4n) is 3.26. The number of imide groups is 2. The van der Waals surface area contributed by atoms with Gasteiger partial charge in [0.15, 0.2) is 6.61 Å². The zero-order valence-electron chi connectivity index (χ0n) is 18.5. The van der Waals surface area contributed by atoms with Crippen LogP contribution in [0.5, 0.6) is 5.75 Å². The molecule has 0 bridgehead atoms. The van der Waals surface area contributed by atoms with Crippen molar-refractivity contribution in [2.75, 3.05) is 19.8 Å². The predicted octanol–water partition coefficient (Wildman–Crippen LogP) is 2.05. The van der Waals surface area contributed by atoms with Gasteiger partial charge in [0.25, 0.3) is 17.7 Å². The molecule has 0 aliphatic carbocycles. The quantitative estimate of drug-likeness (QED) is 0.329. The molecule has 0 spiro atoms. The summed E-state index contributed by atoms with van der Waals surface area (Å²) in [7, 11) is 0. The second-order valence-electron chi connectivity index (χ2n) is 7.13. The summed E-state index contributed by atoms with van der Waals surface area (Å²) in [6, 6.07) is 10.4. The van der Waals surface area contributed by atoms with Crippen LogP contribution in [0.15, 0.2) is 55.1 Å². The summed E-state index contributed by atoms with van der Waals surface area (Å²) in [4.78, 5) is 62.4. The van der Waals surface area contributed by atoms with Crippen molar-refractivity contribution < 1.29 is 33.4 Å². The first-order valence-electron chi connectivity index (χ1n) is 10.4. The van der Waals surface area contributed by atoms with Gasteiger partial charge in [-0.3, -0.25) is 24.6 Å². The lowest BCUT2D eigenvalue weighted by Gasteiger charge is -2.16. The molecular formula is C24H23N3O7. The van der Waals surface area contributed by atoms with Gasteiger partial charge in [-0.15, -0.1) is 6.58 Å². The van der Waals surface area contributed by atoms with Gasteiger partial charge in [-0.25, -0.2) is 9.59 Å². The van der Waals surface area contributed by atoms with Gasteiger partial charge in [0, 0.05) is 6.54 Å². The van der Waals surface area contributed by atoms with Crippen molar-refractivity contribution in [1.82, 2.24) is 15.5 Å². The Morgan fingerprint density at radius 2 is 1.74 bits per heavy atom. The van der Waals surface area contributed by atoms with E-state index < -0.39 is 36.3 Å². The average Bonchev–Trinajstić information content (AvgIpc) is 3.07. The molecule has 176 valence electrons. The molecule has 10 heteroatoms. The highest BCUT2D eigenvalue weighted by Gasteiger charge is 2.35. The number of urea groups is 1. The van der Waals surface area contributed by atoms with E-state index in [0.717, 1.165) is 4.90 Å². The monoisotopic (exact) mass is 465 g/mol. The number of fused-ring (bicyclic) bond motifs is 1. The molecule has 2 aromatic rings. The second-order valence-corrected chi connectivity index (χ2v) is 7.13. The van der Waals surface area contributed by atoms with E-state index in [9.17, 15) is 24.0 Å². The molecule has 1 aliphatic rings. The number of rotatable bonds is 9. The van der Waals surface area contributed by atoms with Crippen LogP contribution < -0.4 is 15.4 Å². The number of hydrogen-bond donors (Lipinski definition) is 2. The first-order valence-corrected chi connectivity index (χ1v) is 10.4. The number of nitrogens with one attached hydrogen (secondary N) is 2. The van der Waals surface area contributed by atoms with E-state index in [1.807, 2.05) is 5.32 Å². The SMILES string of the molecule is C=CCNC(=O)NC(=O)COC(=O)c1cc(CN2C(=O)c3ccccc3C2=O)ccc1OCC. The first-order chi connectivity index (χ1) is 16.3. The summed E-state index contributed by atoms with van der Waals surface area (Å²) >= 11 is 0. The van der Waals surface area contributed by atoms with Crippen LogP contribution in [0.1, 0.15) is 43.6 Å². The summed E-state index contributed by atoms with van der Waals surface area (Å²) in [5.41, 5.74) is 1.14. The molecule has 0 atom stereocenters. The molecule has 0 radical (unpaired) electrons. The molecule has 2 aromatic carbocycles. The molecule has 0 aromatic heterocycles. The first kappa shape index (κ1) is 24.2. The lowest BCUT2D eigenvalue weighted by Crippen LogP contribution is -2.41. The fourth-order valence-corrected chi connectivity index (χ4v) is 3.26.